The summed E-state index contributed by atoms with van der Waals surface area (Å²) in [5, 5.41) is 13.4. The summed E-state index contributed by atoms with van der Waals surface area (Å²) in [5.41, 5.74) is 1.52. The fourth-order valence-corrected chi connectivity index (χ4v) is 2.14. The Hall–Kier alpha value is -1.72. The Morgan fingerprint density at radius 1 is 1.35 bits per heavy atom. The standard InChI is InChI=1S/C11H7ClN2O2S/c12-9-3-1-8(2-4-9)11-13-10(7-17-11)5-6-14(15)16/h1-7H/b6-5+. The van der Waals surface area contributed by atoms with E-state index >= 15 is 0 Å². The first-order chi connectivity index (χ1) is 8.15. The molecule has 1 aromatic carbocycles. The molecule has 2 aromatic rings. The molecular formula is C11H7ClN2O2S. The Kier molecular flexibility index (Phi) is 3.51. The van der Waals surface area contributed by atoms with E-state index in [0.29, 0.717) is 10.7 Å². The van der Waals surface area contributed by atoms with Crippen molar-refractivity contribution in [3.8, 4) is 10.6 Å². The van der Waals surface area contributed by atoms with Crippen molar-refractivity contribution in [3.05, 3.63) is 56.7 Å². The van der Waals surface area contributed by atoms with Crippen molar-refractivity contribution in [2.45, 2.75) is 0 Å². The topological polar surface area (TPSA) is 56.0 Å². The van der Waals surface area contributed by atoms with Gasteiger partial charge in [-0.1, -0.05) is 23.7 Å². The van der Waals surface area contributed by atoms with Gasteiger partial charge >= 0.3 is 0 Å². The van der Waals surface area contributed by atoms with Crippen LogP contribution in [-0.4, -0.2) is 9.91 Å². The van der Waals surface area contributed by atoms with Crippen molar-refractivity contribution in [2.75, 3.05) is 0 Å². The number of hydrogen-bond donors (Lipinski definition) is 0. The summed E-state index contributed by atoms with van der Waals surface area (Å²) < 4.78 is 0. The number of nitro groups is 1. The number of halogens is 1. The van der Waals surface area contributed by atoms with Crippen LogP contribution in [0.2, 0.25) is 5.02 Å². The minimum Gasteiger partial charge on any atom is -0.259 e. The molecule has 0 bridgehead atoms. The lowest BCUT2D eigenvalue weighted by Crippen LogP contribution is -1.82. The predicted molar refractivity (Wildman–Crippen MR) is 68.6 cm³/mol. The first kappa shape index (κ1) is 11.8. The lowest BCUT2D eigenvalue weighted by molar-refractivity contribution is -0.400. The smallest absolute Gasteiger partial charge is 0.236 e. The molecule has 0 fully saturated rings. The van der Waals surface area contributed by atoms with E-state index in [4.69, 9.17) is 11.6 Å². The van der Waals surface area contributed by atoms with Crippen LogP contribution < -0.4 is 0 Å². The van der Waals surface area contributed by atoms with Gasteiger partial charge in [-0.25, -0.2) is 4.98 Å². The van der Waals surface area contributed by atoms with E-state index in [9.17, 15) is 10.1 Å². The highest BCUT2D eigenvalue weighted by Gasteiger charge is 2.03. The second-order valence-electron chi connectivity index (χ2n) is 3.19. The van der Waals surface area contributed by atoms with Gasteiger partial charge in [0, 0.05) is 22.0 Å². The molecule has 0 saturated heterocycles. The number of aromatic nitrogens is 1. The molecular weight excluding hydrogens is 260 g/mol. The fourth-order valence-electron chi connectivity index (χ4n) is 1.22. The first-order valence-corrected chi connectivity index (χ1v) is 5.94. The molecule has 0 aliphatic carbocycles. The van der Waals surface area contributed by atoms with Gasteiger partial charge in [-0.15, -0.1) is 11.3 Å². The molecule has 17 heavy (non-hydrogen) atoms. The number of benzene rings is 1. The van der Waals surface area contributed by atoms with Crippen LogP contribution in [-0.2, 0) is 0 Å². The summed E-state index contributed by atoms with van der Waals surface area (Å²) in [5.74, 6) is 0. The molecule has 0 N–H and O–H groups in total. The maximum absolute atomic E-state index is 10.2. The van der Waals surface area contributed by atoms with Gasteiger partial charge in [0.1, 0.15) is 5.01 Å². The number of nitrogens with zero attached hydrogens (tertiary/aromatic N) is 2. The highest BCUT2D eigenvalue weighted by Crippen LogP contribution is 2.25. The van der Waals surface area contributed by atoms with Crippen LogP contribution in [0.1, 0.15) is 5.69 Å². The number of thiazole rings is 1. The molecule has 0 spiro atoms. The van der Waals surface area contributed by atoms with Crippen LogP contribution in [0, 0.1) is 10.1 Å². The SMILES string of the molecule is O=[N+]([O-])/C=C/c1csc(-c2ccc(Cl)cc2)n1. The molecule has 1 heterocycles. The molecule has 0 aliphatic rings. The average Bonchev–Trinajstić information content (AvgIpc) is 2.76. The van der Waals surface area contributed by atoms with Gasteiger partial charge in [-0.3, -0.25) is 10.1 Å². The third-order valence-electron chi connectivity index (χ3n) is 1.98. The van der Waals surface area contributed by atoms with Crippen molar-refractivity contribution < 1.29 is 4.92 Å². The Balaban J connectivity index is 2.23. The molecule has 2 rings (SSSR count). The van der Waals surface area contributed by atoms with Crippen LogP contribution in [0.15, 0.2) is 35.8 Å². The quantitative estimate of drug-likeness (QED) is 0.628. The molecule has 86 valence electrons. The summed E-state index contributed by atoms with van der Waals surface area (Å²) in [4.78, 5) is 13.9. The van der Waals surface area contributed by atoms with Crippen LogP contribution in [0.5, 0.6) is 0 Å². The summed E-state index contributed by atoms with van der Waals surface area (Å²) in [6, 6.07) is 7.29. The molecule has 6 heteroatoms. The van der Waals surface area contributed by atoms with Gasteiger partial charge in [0.2, 0.25) is 6.20 Å². The molecule has 0 saturated carbocycles. The number of hydrogen-bond acceptors (Lipinski definition) is 4. The maximum Gasteiger partial charge on any atom is 0.236 e. The Morgan fingerprint density at radius 2 is 2.06 bits per heavy atom. The van der Waals surface area contributed by atoms with Gasteiger partial charge in [-0.2, -0.15) is 0 Å². The fraction of sp³-hybridized carbons (Fsp3) is 0. The third-order valence-corrected chi connectivity index (χ3v) is 3.14. The Bertz CT molecular complexity index is 563. The molecule has 0 unspecified atom stereocenters. The van der Waals surface area contributed by atoms with E-state index in [1.54, 1.807) is 17.5 Å². The Morgan fingerprint density at radius 3 is 2.71 bits per heavy atom. The summed E-state index contributed by atoms with van der Waals surface area (Å²) in [6.45, 7) is 0. The maximum atomic E-state index is 10.2. The second-order valence-corrected chi connectivity index (χ2v) is 4.48. The minimum atomic E-state index is -0.513. The van der Waals surface area contributed by atoms with Crippen molar-refractivity contribution in [1.82, 2.24) is 4.98 Å². The van der Waals surface area contributed by atoms with Crippen molar-refractivity contribution in [3.63, 3.8) is 0 Å². The van der Waals surface area contributed by atoms with E-state index in [1.807, 2.05) is 12.1 Å². The van der Waals surface area contributed by atoms with Gasteiger partial charge in [0.05, 0.1) is 10.6 Å². The first-order valence-electron chi connectivity index (χ1n) is 4.68. The van der Waals surface area contributed by atoms with Crippen LogP contribution in [0.4, 0.5) is 0 Å². The molecule has 0 aliphatic heterocycles. The monoisotopic (exact) mass is 266 g/mol. The van der Waals surface area contributed by atoms with Crippen molar-refractivity contribution in [2.24, 2.45) is 0 Å². The highest BCUT2D eigenvalue weighted by atomic mass is 35.5. The Labute approximate surface area is 106 Å². The normalized spacial score (nSPS) is 10.9. The third kappa shape index (κ3) is 3.12. The largest absolute Gasteiger partial charge is 0.259 e. The van der Waals surface area contributed by atoms with E-state index < -0.39 is 4.92 Å². The number of rotatable bonds is 3. The van der Waals surface area contributed by atoms with E-state index in [0.717, 1.165) is 16.8 Å². The summed E-state index contributed by atoms with van der Waals surface area (Å²) >= 11 is 7.22. The van der Waals surface area contributed by atoms with E-state index in [-0.39, 0.29) is 0 Å². The van der Waals surface area contributed by atoms with Crippen LogP contribution in [0.3, 0.4) is 0 Å². The van der Waals surface area contributed by atoms with Gasteiger partial charge in [0.15, 0.2) is 0 Å². The minimum absolute atomic E-state index is 0.513. The van der Waals surface area contributed by atoms with E-state index in [1.165, 1.54) is 17.4 Å². The van der Waals surface area contributed by atoms with Crippen molar-refractivity contribution >= 4 is 29.0 Å². The lowest BCUT2D eigenvalue weighted by Gasteiger charge is -1.94. The zero-order valence-electron chi connectivity index (χ0n) is 8.54. The molecule has 0 amide bonds. The van der Waals surface area contributed by atoms with Gasteiger partial charge < -0.3 is 0 Å². The zero-order chi connectivity index (χ0) is 12.3. The van der Waals surface area contributed by atoms with Crippen molar-refractivity contribution in [1.29, 1.82) is 0 Å². The van der Waals surface area contributed by atoms with Gasteiger partial charge in [0.25, 0.3) is 0 Å². The molecule has 0 atom stereocenters. The highest BCUT2D eigenvalue weighted by molar-refractivity contribution is 7.13. The lowest BCUT2D eigenvalue weighted by atomic mass is 10.2. The molecule has 0 radical (unpaired) electrons. The average molecular weight is 267 g/mol. The van der Waals surface area contributed by atoms with Crippen LogP contribution in [0.25, 0.3) is 16.6 Å². The van der Waals surface area contributed by atoms with E-state index in [2.05, 4.69) is 4.98 Å². The summed E-state index contributed by atoms with van der Waals surface area (Å²) in [7, 11) is 0. The predicted octanol–water partition coefficient (Wildman–Crippen LogP) is 3.71. The van der Waals surface area contributed by atoms with Gasteiger partial charge in [-0.05, 0) is 12.1 Å². The zero-order valence-corrected chi connectivity index (χ0v) is 10.1. The molecule has 4 nitrogen and oxygen atoms in total. The summed E-state index contributed by atoms with van der Waals surface area (Å²) in [6.07, 6.45) is 2.25. The second kappa shape index (κ2) is 5.07. The van der Waals surface area contributed by atoms with Crippen LogP contribution >= 0.6 is 22.9 Å². The molecule has 1 aromatic heterocycles.